The smallest absolute Gasteiger partial charge is 0.185 e. The van der Waals surface area contributed by atoms with E-state index in [9.17, 15) is 0 Å². The van der Waals surface area contributed by atoms with Crippen molar-refractivity contribution in [1.29, 1.82) is 0 Å². The third-order valence-corrected chi connectivity index (χ3v) is 3.09. The molecule has 1 aromatic carbocycles. The molecule has 3 nitrogen and oxygen atoms in total. The van der Waals surface area contributed by atoms with Gasteiger partial charge < -0.3 is 5.32 Å². The number of benzene rings is 1. The predicted octanol–water partition coefficient (Wildman–Crippen LogP) is 1.96. The van der Waals surface area contributed by atoms with Gasteiger partial charge in [0.05, 0.1) is 0 Å². The molecule has 0 aromatic heterocycles. The van der Waals surface area contributed by atoms with Crippen molar-refractivity contribution in [2.75, 3.05) is 0 Å². The van der Waals surface area contributed by atoms with E-state index < -0.39 is 0 Å². The van der Waals surface area contributed by atoms with Crippen LogP contribution in [0.2, 0.25) is 0 Å². The first-order chi connectivity index (χ1) is 7.53. The van der Waals surface area contributed by atoms with Crippen molar-refractivity contribution in [2.24, 2.45) is 0 Å². The van der Waals surface area contributed by atoms with Crippen LogP contribution in [0.5, 0.6) is 0 Å². The van der Waals surface area contributed by atoms with Crippen molar-refractivity contribution in [1.82, 2.24) is 15.8 Å². The van der Waals surface area contributed by atoms with Gasteiger partial charge in [-0.15, -0.1) is 0 Å². The Morgan fingerprint density at radius 3 is 2.38 bits per heavy atom. The van der Waals surface area contributed by atoms with Gasteiger partial charge >= 0.3 is 0 Å². The molecular weight excluding hydrogens is 218 g/mol. The quantitative estimate of drug-likeness (QED) is 0.766. The van der Waals surface area contributed by atoms with Gasteiger partial charge in [-0.2, -0.15) is 0 Å². The minimum atomic E-state index is -0.303. The van der Waals surface area contributed by atoms with Gasteiger partial charge in [0.25, 0.3) is 0 Å². The van der Waals surface area contributed by atoms with Crippen LogP contribution in [0.15, 0.2) is 30.3 Å². The SMILES string of the molecule is CC(C)N1N[C@@](C)(c2ccccc2)NC1=S. The molecule has 1 heterocycles. The van der Waals surface area contributed by atoms with Crippen LogP contribution >= 0.6 is 12.2 Å². The van der Waals surface area contributed by atoms with Gasteiger partial charge in [-0.05, 0) is 38.6 Å². The number of rotatable bonds is 2. The van der Waals surface area contributed by atoms with E-state index in [-0.39, 0.29) is 5.66 Å². The van der Waals surface area contributed by atoms with Crippen LogP contribution in [-0.2, 0) is 5.66 Å². The molecule has 16 heavy (non-hydrogen) atoms. The Kier molecular flexibility index (Phi) is 2.86. The molecule has 0 bridgehead atoms. The topological polar surface area (TPSA) is 27.3 Å². The highest BCUT2D eigenvalue weighted by Gasteiger charge is 2.38. The largest absolute Gasteiger partial charge is 0.338 e. The van der Waals surface area contributed by atoms with Crippen molar-refractivity contribution in [2.45, 2.75) is 32.5 Å². The molecule has 1 aliphatic rings. The van der Waals surface area contributed by atoms with Crippen molar-refractivity contribution in [3.05, 3.63) is 35.9 Å². The number of thiocarbonyl (C=S) groups is 1. The summed E-state index contributed by atoms with van der Waals surface area (Å²) in [5.74, 6) is 0. The fourth-order valence-corrected chi connectivity index (χ4v) is 2.33. The van der Waals surface area contributed by atoms with Crippen LogP contribution < -0.4 is 10.7 Å². The predicted molar refractivity (Wildman–Crippen MR) is 69.6 cm³/mol. The van der Waals surface area contributed by atoms with Crippen molar-refractivity contribution in [3.8, 4) is 0 Å². The molecule has 86 valence electrons. The summed E-state index contributed by atoms with van der Waals surface area (Å²) < 4.78 is 0. The third-order valence-electron chi connectivity index (χ3n) is 2.79. The Hall–Kier alpha value is -1.13. The van der Waals surface area contributed by atoms with Gasteiger partial charge in [-0.1, -0.05) is 30.3 Å². The average Bonchev–Trinajstić information content (AvgIpc) is 2.57. The molecule has 1 aliphatic heterocycles. The fraction of sp³-hybridized carbons (Fsp3) is 0.417. The maximum Gasteiger partial charge on any atom is 0.185 e. The highest BCUT2D eigenvalue weighted by Crippen LogP contribution is 2.23. The number of nitrogens with zero attached hydrogens (tertiary/aromatic N) is 1. The Morgan fingerprint density at radius 1 is 1.25 bits per heavy atom. The van der Waals surface area contributed by atoms with Gasteiger partial charge in [0.2, 0.25) is 0 Å². The lowest BCUT2D eigenvalue weighted by atomic mass is 10.0. The fourth-order valence-electron chi connectivity index (χ4n) is 1.87. The van der Waals surface area contributed by atoms with Gasteiger partial charge in [0.15, 0.2) is 5.11 Å². The minimum absolute atomic E-state index is 0.303. The van der Waals surface area contributed by atoms with Crippen LogP contribution in [0.25, 0.3) is 0 Å². The summed E-state index contributed by atoms with van der Waals surface area (Å²) in [6.45, 7) is 6.31. The zero-order valence-electron chi connectivity index (χ0n) is 9.82. The Labute approximate surface area is 102 Å². The zero-order valence-corrected chi connectivity index (χ0v) is 10.6. The van der Waals surface area contributed by atoms with Crippen LogP contribution in [-0.4, -0.2) is 16.2 Å². The first kappa shape index (κ1) is 11.4. The van der Waals surface area contributed by atoms with E-state index in [0.29, 0.717) is 6.04 Å². The molecule has 1 aromatic rings. The molecule has 1 atom stereocenters. The summed E-state index contributed by atoms with van der Waals surface area (Å²) >= 11 is 5.32. The monoisotopic (exact) mass is 235 g/mol. The molecule has 0 aliphatic carbocycles. The number of hydrazine groups is 1. The Morgan fingerprint density at radius 2 is 1.88 bits per heavy atom. The minimum Gasteiger partial charge on any atom is -0.338 e. The van der Waals surface area contributed by atoms with E-state index >= 15 is 0 Å². The molecule has 2 rings (SSSR count). The van der Waals surface area contributed by atoms with Gasteiger partial charge in [-0.3, -0.25) is 5.01 Å². The van der Waals surface area contributed by atoms with Crippen LogP contribution in [0.3, 0.4) is 0 Å². The number of hydrogen-bond donors (Lipinski definition) is 2. The van der Waals surface area contributed by atoms with Gasteiger partial charge in [0.1, 0.15) is 5.66 Å². The second-order valence-electron chi connectivity index (χ2n) is 4.50. The molecule has 0 saturated carbocycles. The molecule has 1 saturated heterocycles. The van der Waals surface area contributed by atoms with E-state index in [1.165, 1.54) is 5.56 Å². The average molecular weight is 235 g/mol. The summed E-state index contributed by atoms with van der Waals surface area (Å²) in [5, 5.41) is 6.06. The van der Waals surface area contributed by atoms with E-state index in [0.717, 1.165) is 5.11 Å². The second-order valence-corrected chi connectivity index (χ2v) is 4.88. The van der Waals surface area contributed by atoms with Crippen LogP contribution in [0, 0.1) is 0 Å². The molecule has 0 radical (unpaired) electrons. The van der Waals surface area contributed by atoms with Crippen molar-refractivity contribution < 1.29 is 0 Å². The van der Waals surface area contributed by atoms with E-state index in [1.54, 1.807) is 0 Å². The molecule has 2 N–H and O–H groups in total. The number of nitrogens with one attached hydrogen (secondary N) is 2. The standard InChI is InChI=1S/C12H17N3S/c1-9(2)15-11(16)13-12(3,14-15)10-7-5-4-6-8-10/h4-9,14H,1-3H3,(H,13,16)/t12-/m0/s1. The summed E-state index contributed by atoms with van der Waals surface area (Å²) in [7, 11) is 0. The van der Waals surface area contributed by atoms with Gasteiger partial charge in [0, 0.05) is 6.04 Å². The highest BCUT2D eigenvalue weighted by atomic mass is 32.1. The van der Waals surface area contributed by atoms with Crippen molar-refractivity contribution in [3.63, 3.8) is 0 Å². The molecule has 4 heteroatoms. The molecule has 1 fully saturated rings. The molecular formula is C12H17N3S. The van der Waals surface area contributed by atoms with E-state index in [4.69, 9.17) is 12.2 Å². The van der Waals surface area contributed by atoms with Gasteiger partial charge in [-0.25, -0.2) is 5.43 Å². The maximum atomic E-state index is 5.32. The van der Waals surface area contributed by atoms with E-state index in [2.05, 4.69) is 43.6 Å². The lowest BCUT2D eigenvalue weighted by Gasteiger charge is -2.27. The zero-order chi connectivity index (χ0) is 11.8. The Bertz CT molecular complexity index is 391. The lowest BCUT2D eigenvalue weighted by Crippen LogP contribution is -2.47. The molecule has 0 unspecified atom stereocenters. The summed E-state index contributed by atoms with van der Waals surface area (Å²) in [5.41, 5.74) is 4.29. The van der Waals surface area contributed by atoms with Crippen LogP contribution in [0.1, 0.15) is 26.3 Å². The maximum absolute atomic E-state index is 5.32. The molecule has 0 amide bonds. The highest BCUT2D eigenvalue weighted by molar-refractivity contribution is 7.80. The lowest BCUT2D eigenvalue weighted by molar-refractivity contribution is 0.202. The molecule has 0 spiro atoms. The Balaban J connectivity index is 2.27. The normalized spacial score (nSPS) is 25.0. The summed E-state index contributed by atoms with van der Waals surface area (Å²) in [4.78, 5) is 0. The number of hydrogen-bond acceptors (Lipinski definition) is 2. The summed E-state index contributed by atoms with van der Waals surface area (Å²) in [6.07, 6.45) is 0. The first-order valence-corrected chi connectivity index (χ1v) is 5.88. The summed E-state index contributed by atoms with van der Waals surface area (Å²) in [6, 6.07) is 10.6. The second kappa shape index (κ2) is 4.03. The van der Waals surface area contributed by atoms with Crippen LogP contribution in [0.4, 0.5) is 0 Å². The first-order valence-electron chi connectivity index (χ1n) is 5.47. The van der Waals surface area contributed by atoms with E-state index in [1.807, 2.05) is 23.2 Å². The third kappa shape index (κ3) is 1.90. The van der Waals surface area contributed by atoms with Crippen molar-refractivity contribution >= 4 is 17.3 Å².